The first kappa shape index (κ1) is 13.9. The van der Waals surface area contributed by atoms with E-state index in [-0.39, 0.29) is 12.1 Å². The highest BCUT2D eigenvalue weighted by Gasteiger charge is 2.16. The summed E-state index contributed by atoms with van der Waals surface area (Å²) in [5.41, 5.74) is 2.60. The SMILES string of the molecule is Cc1ccc(-c2noc(Cc3ccccc3[N+](=O)[O-])n2)cc1. The van der Waals surface area contributed by atoms with Gasteiger partial charge in [0.05, 0.1) is 11.3 Å². The standard InChI is InChI=1S/C16H13N3O3/c1-11-6-8-12(9-7-11)16-17-15(22-18-16)10-13-4-2-3-5-14(13)19(20)21/h2-9H,10H2,1H3. The Balaban J connectivity index is 1.86. The molecule has 0 saturated carbocycles. The molecule has 2 aromatic carbocycles. The number of benzene rings is 2. The van der Waals surface area contributed by atoms with Crippen molar-refractivity contribution in [3.8, 4) is 11.4 Å². The smallest absolute Gasteiger partial charge is 0.273 e. The van der Waals surface area contributed by atoms with Gasteiger partial charge in [0.2, 0.25) is 11.7 Å². The third-order valence-corrected chi connectivity index (χ3v) is 3.31. The van der Waals surface area contributed by atoms with Crippen molar-refractivity contribution in [3.63, 3.8) is 0 Å². The van der Waals surface area contributed by atoms with E-state index in [0.29, 0.717) is 17.3 Å². The second-order valence-electron chi connectivity index (χ2n) is 4.94. The molecular weight excluding hydrogens is 282 g/mol. The molecule has 1 aromatic heterocycles. The second-order valence-corrected chi connectivity index (χ2v) is 4.94. The van der Waals surface area contributed by atoms with Crippen LogP contribution in [0.15, 0.2) is 53.1 Å². The van der Waals surface area contributed by atoms with E-state index in [4.69, 9.17) is 4.52 Å². The summed E-state index contributed by atoms with van der Waals surface area (Å²) >= 11 is 0. The molecule has 3 aromatic rings. The van der Waals surface area contributed by atoms with Gasteiger partial charge in [0, 0.05) is 17.2 Å². The van der Waals surface area contributed by atoms with Crippen LogP contribution in [0.3, 0.4) is 0 Å². The number of nitrogens with zero attached hydrogens (tertiary/aromatic N) is 3. The Hall–Kier alpha value is -3.02. The molecule has 6 heteroatoms. The fraction of sp³-hybridized carbons (Fsp3) is 0.125. The molecule has 0 fully saturated rings. The first-order valence-electron chi connectivity index (χ1n) is 6.75. The minimum absolute atomic E-state index is 0.0533. The molecule has 0 aliphatic carbocycles. The zero-order valence-electron chi connectivity index (χ0n) is 11.9. The maximum atomic E-state index is 11.0. The Bertz CT molecular complexity index is 810. The van der Waals surface area contributed by atoms with Crippen LogP contribution in [0, 0.1) is 17.0 Å². The maximum Gasteiger partial charge on any atom is 0.273 e. The molecule has 0 aliphatic heterocycles. The normalized spacial score (nSPS) is 10.6. The third kappa shape index (κ3) is 2.85. The van der Waals surface area contributed by atoms with Crippen molar-refractivity contribution in [2.45, 2.75) is 13.3 Å². The topological polar surface area (TPSA) is 82.1 Å². The van der Waals surface area contributed by atoms with Gasteiger partial charge in [-0.3, -0.25) is 10.1 Å². The Morgan fingerprint density at radius 3 is 2.59 bits per heavy atom. The Morgan fingerprint density at radius 1 is 1.14 bits per heavy atom. The zero-order valence-corrected chi connectivity index (χ0v) is 11.9. The number of aromatic nitrogens is 2. The molecule has 0 radical (unpaired) electrons. The van der Waals surface area contributed by atoms with Crippen LogP contribution in [-0.2, 0) is 6.42 Å². The predicted molar refractivity (Wildman–Crippen MR) is 80.4 cm³/mol. The lowest BCUT2D eigenvalue weighted by Gasteiger charge is -1.98. The van der Waals surface area contributed by atoms with Gasteiger partial charge < -0.3 is 4.52 Å². The molecule has 0 aliphatic rings. The summed E-state index contributed by atoms with van der Waals surface area (Å²) < 4.78 is 5.20. The van der Waals surface area contributed by atoms with Crippen LogP contribution < -0.4 is 0 Å². The van der Waals surface area contributed by atoms with Crippen LogP contribution in [0.5, 0.6) is 0 Å². The van der Waals surface area contributed by atoms with Gasteiger partial charge in [-0.25, -0.2) is 0 Å². The second kappa shape index (κ2) is 5.77. The Morgan fingerprint density at radius 2 is 1.86 bits per heavy atom. The maximum absolute atomic E-state index is 11.0. The molecule has 0 spiro atoms. The van der Waals surface area contributed by atoms with Crippen molar-refractivity contribution in [1.82, 2.24) is 10.1 Å². The van der Waals surface area contributed by atoms with Gasteiger partial charge in [-0.05, 0) is 6.92 Å². The highest BCUT2D eigenvalue weighted by molar-refractivity contribution is 5.54. The van der Waals surface area contributed by atoms with E-state index in [1.54, 1.807) is 18.2 Å². The third-order valence-electron chi connectivity index (χ3n) is 3.31. The van der Waals surface area contributed by atoms with E-state index < -0.39 is 4.92 Å². The summed E-state index contributed by atoms with van der Waals surface area (Å²) in [5, 5.41) is 14.9. The highest BCUT2D eigenvalue weighted by Crippen LogP contribution is 2.22. The van der Waals surface area contributed by atoms with E-state index in [2.05, 4.69) is 10.1 Å². The van der Waals surface area contributed by atoms with Gasteiger partial charge in [0.15, 0.2) is 0 Å². The van der Waals surface area contributed by atoms with Gasteiger partial charge in [-0.1, -0.05) is 53.2 Å². The lowest BCUT2D eigenvalue weighted by Crippen LogP contribution is -1.96. The van der Waals surface area contributed by atoms with Gasteiger partial charge in [0.1, 0.15) is 0 Å². The molecule has 6 nitrogen and oxygen atoms in total. The molecule has 0 saturated heterocycles. The van der Waals surface area contributed by atoms with Crippen molar-refractivity contribution >= 4 is 5.69 Å². The van der Waals surface area contributed by atoms with Crippen molar-refractivity contribution < 1.29 is 9.45 Å². The minimum atomic E-state index is -0.410. The average Bonchev–Trinajstić information content (AvgIpc) is 2.97. The van der Waals surface area contributed by atoms with Gasteiger partial charge in [-0.15, -0.1) is 0 Å². The lowest BCUT2D eigenvalue weighted by molar-refractivity contribution is -0.385. The Kier molecular flexibility index (Phi) is 3.65. The van der Waals surface area contributed by atoms with Crippen molar-refractivity contribution in [2.24, 2.45) is 0 Å². The predicted octanol–water partition coefficient (Wildman–Crippen LogP) is 3.54. The van der Waals surface area contributed by atoms with Crippen LogP contribution >= 0.6 is 0 Å². The van der Waals surface area contributed by atoms with E-state index in [0.717, 1.165) is 11.1 Å². The average molecular weight is 295 g/mol. The van der Waals surface area contributed by atoms with Crippen molar-refractivity contribution in [2.75, 3.05) is 0 Å². The summed E-state index contributed by atoms with van der Waals surface area (Å²) in [6.07, 6.45) is 0.232. The number of hydrogen-bond acceptors (Lipinski definition) is 5. The van der Waals surface area contributed by atoms with Crippen molar-refractivity contribution in [1.29, 1.82) is 0 Å². The molecule has 0 N–H and O–H groups in total. The summed E-state index contributed by atoms with van der Waals surface area (Å²) in [6.45, 7) is 2.00. The monoisotopic (exact) mass is 295 g/mol. The highest BCUT2D eigenvalue weighted by atomic mass is 16.6. The summed E-state index contributed by atoms with van der Waals surface area (Å²) in [7, 11) is 0. The van der Waals surface area contributed by atoms with E-state index in [9.17, 15) is 10.1 Å². The fourth-order valence-corrected chi connectivity index (χ4v) is 2.15. The Labute approximate surface area is 126 Å². The van der Waals surface area contributed by atoms with Crippen LogP contribution in [-0.4, -0.2) is 15.1 Å². The molecule has 3 rings (SSSR count). The molecule has 1 heterocycles. The van der Waals surface area contributed by atoms with Crippen LogP contribution in [0.2, 0.25) is 0 Å². The minimum Gasteiger partial charge on any atom is -0.339 e. The molecule has 22 heavy (non-hydrogen) atoms. The first-order chi connectivity index (χ1) is 10.6. The van der Waals surface area contributed by atoms with E-state index >= 15 is 0 Å². The fourth-order valence-electron chi connectivity index (χ4n) is 2.15. The first-order valence-corrected chi connectivity index (χ1v) is 6.75. The quantitative estimate of drug-likeness (QED) is 0.543. The zero-order chi connectivity index (χ0) is 15.5. The van der Waals surface area contributed by atoms with Gasteiger partial charge >= 0.3 is 0 Å². The molecule has 0 unspecified atom stereocenters. The largest absolute Gasteiger partial charge is 0.339 e. The van der Waals surface area contributed by atoms with E-state index in [1.165, 1.54) is 6.07 Å². The van der Waals surface area contributed by atoms with Crippen LogP contribution in [0.25, 0.3) is 11.4 Å². The molecular formula is C16H13N3O3. The number of nitro groups is 1. The summed E-state index contributed by atoms with van der Waals surface area (Å²) in [6, 6.07) is 14.3. The molecule has 110 valence electrons. The van der Waals surface area contributed by atoms with Crippen LogP contribution in [0.4, 0.5) is 5.69 Å². The molecule has 0 bridgehead atoms. The number of aryl methyl sites for hydroxylation is 1. The lowest BCUT2D eigenvalue weighted by atomic mass is 10.1. The number of hydrogen-bond donors (Lipinski definition) is 0. The van der Waals surface area contributed by atoms with Crippen molar-refractivity contribution in [3.05, 3.63) is 75.7 Å². The number of para-hydroxylation sites is 1. The van der Waals surface area contributed by atoms with Gasteiger partial charge in [-0.2, -0.15) is 4.98 Å². The summed E-state index contributed by atoms with van der Waals surface area (Å²) in [4.78, 5) is 14.9. The molecule has 0 atom stereocenters. The van der Waals surface area contributed by atoms with Gasteiger partial charge in [0.25, 0.3) is 5.69 Å². The number of rotatable bonds is 4. The number of nitro benzene ring substituents is 1. The van der Waals surface area contributed by atoms with Crippen LogP contribution in [0.1, 0.15) is 17.0 Å². The summed E-state index contributed by atoms with van der Waals surface area (Å²) in [5.74, 6) is 0.832. The molecule has 0 amide bonds. The van der Waals surface area contributed by atoms with E-state index in [1.807, 2.05) is 31.2 Å².